The quantitative estimate of drug-likeness (QED) is 0.771. The van der Waals surface area contributed by atoms with Gasteiger partial charge in [-0.25, -0.2) is 0 Å². The Kier molecular flexibility index (Phi) is 11.2. The van der Waals surface area contributed by atoms with E-state index in [1.807, 2.05) is 18.2 Å². The van der Waals surface area contributed by atoms with Gasteiger partial charge in [-0.3, -0.25) is 4.79 Å². The third-order valence-electron chi connectivity index (χ3n) is 3.75. The number of benzene rings is 1. The van der Waals surface area contributed by atoms with Crippen molar-refractivity contribution < 1.29 is 9.53 Å². The predicted molar refractivity (Wildman–Crippen MR) is 97.2 cm³/mol. The van der Waals surface area contributed by atoms with Crippen LogP contribution in [0, 0.1) is 0 Å². The molecule has 0 aliphatic carbocycles. The van der Waals surface area contributed by atoms with Crippen molar-refractivity contribution in [3.8, 4) is 0 Å². The third kappa shape index (κ3) is 7.50. The van der Waals surface area contributed by atoms with Crippen molar-refractivity contribution in [3.63, 3.8) is 0 Å². The van der Waals surface area contributed by atoms with Gasteiger partial charge < -0.3 is 20.7 Å². The number of carbonyl (C=O) groups excluding carboxylic acids is 1. The van der Waals surface area contributed by atoms with Gasteiger partial charge in [-0.15, -0.1) is 24.8 Å². The van der Waals surface area contributed by atoms with Gasteiger partial charge in [0.2, 0.25) is 5.91 Å². The molecule has 1 aliphatic rings. The number of nitrogens with one attached hydrogen (secondary N) is 1. The largest absolute Gasteiger partial charge is 0.364 e. The lowest BCUT2D eigenvalue weighted by atomic mass is 10.2. The molecule has 1 aliphatic heterocycles. The Morgan fingerprint density at radius 3 is 2.61 bits per heavy atom. The molecular formula is C16H27Cl2N3O2. The predicted octanol–water partition coefficient (Wildman–Crippen LogP) is 1.58. The van der Waals surface area contributed by atoms with Crippen molar-refractivity contribution >= 4 is 30.7 Å². The highest BCUT2D eigenvalue weighted by Crippen LogP contribution is 2.18. The summed E-state index contributed by atoms with van der Waals surface area (Å²) in [6, 6.07) is 10.3. The standard InChI is InChI=1S/C16H25N3O2.2ClH/c1-19(12-13-5-3-2-4-6-13)10-9-18-16(20)15-8-7-14(11-17)21-15;;/h2-6,14-15H,7-12,17H2,1H3,(H,18,20);2*1H/t14-,15+;;/m1../s1. The zero-order valence-electron chi connectivity index (χ0n) is 13.4. The molecule has 5 nitrogen and oxygen atoms in total. The van der Waals surface area contributed by atoms with E-state index in [1.165, 1.54) is 5.56 Å². The van der Waals surface area contributed by atoms with Gasteiger partial charge in [0.15, 0.2) is 0 Å². The first-order valence-electron chi connectivity index (χ1n) is 7.54. The third-order valence-corrected chi connectivity index (χ3v) is 3.75. The molecular weight excluding hydrogens is 337 g/mol. The van der Waals surface area contributed by atoms with Crippen molar-refractivity contribution in [2.75, 3.05) is 26.7 Å². The van der Waals surface area contributed by atoms with E-state index < -0.39 is 0 Å². The van der Waals surface area contributed by atoms with E-state index in [-0.39, 0.29) is 42.9 Å². The van der Waals surface area contributed by atoms with Crippen molar-refractivity contribution in [3.05, 3.63) is 35.9 Å². The molecule has 1 aromatic rings. The molecule has 1 aromatic carbocycles. The fourth-order valence-electron chi connectivity index (χ4n) is 2.53. The maximum Gasteiger partial charge on any atom is 0.249 e. The normalized spacial score (nSPS) is 19.8. The summed E-state index contributed by atoms with van der Waals surface area (Å²) in [7, 11) is 2.05. The molecule has 2 rings (SSSR count). The van der Waals surface area contributed by atoms with Gasteiger partial charge >= 0.3 is 0 Å². The van der Waals surface area contributed by atoms with Crippen LogP contribution in [0.3, 0.4) is 0 Å². The van der Waals surface area contributed by atoms with Gasteiger partial charge in [0.1, 0.15) is 6.10 Å². The van der Waals surface area contributed by atoms with Crippen LogP contribution in [-0.2, 0) is 16.1 Å². The number of hydrogen-bond acceptors (Lipinski definition) is 4. The molecule has 1 saturated heterocycles. The molecule has 0 aromatic heterocycles. The van der Waals surface area contributed by atoms with Gasteiger partial charge in [0.25, 0.3) is 0 Å². The number of halogens is 2. The highest BCUT2D eigenvalue weighted by atomic mass is 35.5. The Balaban J connectivity index is 0.00000242. The van der Waals surface area contributed by atoms with Gasteiger partial charge in [0, 0.05) is 26.2 Å². The topological polar surface area (TPSA) is 67.6 Å². The number of ether oxygens (including phenoxy) is 1. The average Bonchev–Trinajstić information content (AvgIpc) is 2.97. The molecule has 0 saturated carbocycles. The lowest BCUT2D eigenvalue weighted by molar-refractivity contribution is -0.131. The van der Waals surface area contributed by atoms with Crippen molar-refractivity contribution in [2.45, 2.75) is 31.6 Å². The lowest BCUT2D eigenvalue weighted by Crippen LogP contribution is -2.39. The summed E-state index contributed by atoms with van der Waals surface area (Å²) >= 11 is 0. The Labute approximate surface area is 150 Å². The summed E-state index contributed by atoms with van der Waals surface area (Å²) < 4.78 is 5.57. The van der Waals surface area contributed by atoms with E-state index in [9.17, 15) is 4.79 Å². The van der Waals surface area contributed by atoms with Crippen LogP contribution in [0.25, 0.3) is 0 Å². The lowest BCUT2D eigenvalue weighted by Gasteiger charge is -2.18. The number of nitrogens with two attached hydrogens (primary N) is 1. The molecule has 0 bridgehead atoms. The van der Waals surface area contributed by atoms with Crippen molar-refractivity contribution in [1.29, 1.82) is 0 Å². The van der Waals surface area contributed by atoms with Crippen LogP contribution in [0.4, 0.5) is 0 Å². The van der Waals surface area contributed by atoms with Crippen molar-refractivity contribution in [1.82, 2.24) is 10.2 Å². The SMILES string of the molecule is CN(CCNC(=O)[C@@H]1CC[C@H](CN)O1)Cc1ccccc1.Cl.Cl. The Morgan fingerprint density at radius 1 is 1.30 bits per heavy atom. The van der Waals surface area contributed by atoms with Crippen LogP contribution in [0.15, 0.2) is 30.3 Å². The minimum atomic E-state index is -0.321. The first-order chi connectivity index (χ1) is 10.2. The van der Waals surface area contributed by atoms with E-state index in [2.05, 4.69) is 29.4 Å². The van der Waals surface area contributed by atoms with Gasteiger partial charge in [0.05, 0.1) is 6.10 Å². The van der Waals surface area contributed by atoms with Crippen LogP contribution in [0.1, 0.15) is 18.4 Å². The van der Waals surface area contributed by atoms with Crippen LogP contribution >= 0.6 is 24.8 Å². The first-order valence-corrected chi connectivity index (χ1v) is 7.54. The molecule has 7 heteroatoms. The van der Waals surface area contributed by atoms with Crippen LogP contribution < -0.4 is 11.1 Å². The van der Waals surface area contributed by atoms with Crippen molar-refractivity contribution in [2.24, 2.45) is 5.73 Å². The summed E-state index contributed by atoms with van der Waals surface area (Å²) in [6.45, 7) is 2.82. The van der Waals surface area contributed by atoms with Gasteiger partial charge in [-0.1, -0.05) is 30.3 Å². The molecule has 3 N–H and O–H groups in total. The summed E-state index contributed by atoms with van der Waals surface area (Å²) in [6.07, 6.45) is 1.37. The fraction of sp³-hybridized carbons (Fsp3) is 0.562. The molecule has 0 radical (unpaired) electrons. The molecule has 1 fully saturated rings. The highest BCUT2D eigenvalue weighted by Gasteiger charge is 2.29. The molecule has 132 valence electrons. The molecule has 2 atom stereocenters. The number of nitrogens with zero attached hydrogens (tertiary/aromatic N) is 1. The molecule has 0 unspecified atom stereocenters. The zero-order chi connectivity index (χ0) is 15.1. The van der Waals surface area contributed by atoms with Crippen LogP contribution in [0.5, 0.6) is 0 Å². The number of rotatable bonds is 7. The minimum Gasteiger partial charge on any atom is -0.364 e. The molecule has 23 heavy (non-hydrogen) atoms. The molecule has 0 spiro atoms. The minimum absolute atomic E-state index is 0. The molecule has 1 amide bonds. The Bertz CT molecular complexity index is 448. The average molecular weight is 364 g/mol. The second-order valence-electron chi connectivity index (χ2n) is 5.57. The summed E-state index contributed by atoms with van der Waals surface area (Å²) in [4.78, 5) is 14.1. The Hall–Kier alpha value is -0.850. The second-order valence-corrected chi connectivity index (χ2v) is 5.57. The van der Waals surface area contributed by atoms with Gasteiger partial charge in [-0.2, -0.15) is 0 Å². The second kappa shape index (κ2) is 11.6. The summed E-state index contributed by atoms with van der Waals surface area (Å²) in [5, 5.41) is 2.94. The molecule has 1 heterocycles. The summed E-state index contributed by atoms with van der Waals surface area (Å²) in [5.41, 5.74) is 6.82. The first kappa shape index (κ1) is 22.1. The summed E-state index contributed by atoms with van der Waals surface area (Å²) in [5.74, 6) is -0.0148. The Morgan fingerprint density at radius 2 is 2.00 bits per heavy atom. The van der Waals surface area contributed by atoms with Crippen LogP contribution in [-0.4, -0.2) is 49.7 Å². The number of carbonyl (C=O) groups is 1. The number of amides is 1. The van der Waals surface area contributed by atoms with E-state index in [1.54, 1.807) is 0 Å². The van der Waals surface area contributed by atoms with E-state index in [0.717, 1.165) is 25.9 Å². The zero-order valence-corrected chi connectivity index (χ0v) is 15.1. The number of likely N-dealkylation sites (N-methyl/N-ethyl adjacent to an activating group) is 1. The fourth-order valence-corrected chi connectivity index (χ4v) is 2.53. The van der Waals surface area contributed by atoms with E-state index >= 15 is 0 Å². The van der Waals surface area contributed by atoms with Gasteiger partial charge in [-0.05, 0) is 25.5 Å². The highest BCUT2D eigenvalue weighted by molar-refractivity contribution is 5.85. The monoisotopic (exact) mass is 363 g/mol. The van der Waals surface area contributed by atoms with E-state index in [0.29, 0.717) is 13.1 Å². The maximum absolute atomic E-state index is 12.0. The smallest absolute Gasteiger partial charge is 0.249 e. The van der Waals surface area contributed by atoms with Crippen LogP contribution in [0.2, 0.25) is 0 Å². The maximum atomic E-state index is 12.0. The van der Waals surface area contributed by atoms with E-state index in [4.69, 9.17) is 10.5 Å². The number of hydrogen-bond donors (Lipinski definition) is 2.